The lowest BCUT2D eigenvalue weighted by atomic mass is 10.2. The zero-order valence-electron chi connectivity index (χ0n) is 11.7. The molecule has 2 rings (SSSR count). The van der Waals surface area contributed by atoms with Crippen molar-refractivity contribution >= 4 is 11.6 Å². The summed E-state index contributed by atoms with van der Waals surface area (Å²) in [5.74, 6) is 1.15. The third-order valence-corrected chi connectivity index (χ3v) is 2.84. The molecular weight excluding hydrogens is 264 g/mol. The van der Waals surface area contributed by atoms with Crippen LogP contribution in [0.1, 0.15) is 6.42 Å². The fourth-order valence-electron chi connectivity index (χ4n) is 1.78. The molecule has 0 radical (unpaired) electrons. The minimum absolute atomic E-state index is 0.244. The summed E-state index contributed by atoms with van der Waals surface area (Å²) in [5.41, 5.74) is 6.37. The van der Waals surface area contributed by atoms with Gasteiger partial charge in [0.1, 0.15) is 11.5 Å². The molecule has 4 heteroatoms. The highest BCUT2D eigenvalue weighted by atomic mass is 16.5. The number of hydrogen-bond donors (Lipinski definition) is 2. The van der Waals surface area contributed by atoms with E-state index in [4.69, 9.17) is 10.5 Å². The van der Waals surface area contributed by atoms with Crippen LogP contribution in [0.2, 0.25) is 0 Å². The number of nitrogens with one attached hydrogen (secondary N) is 1. The molecule has 3 N–H and O–H groups in total. The molecule has 0 aromatic heterocycles. The first kappa shape index (κ1) is 14.8. The normalized spacial score (nSPS) is 11.5. The number of para-hydroxylation sites is 1. The summed E-state index contributed by atoms with van der Waals surface area (Å²) in [6.07, 6.45) is 2.06. The number of carbonyl (C=O) groups excluding carboxylic acids is 1. The van der Waals surface area contributed by atoms with E-state index >= 15 is 0 Å². The van der Waals surface area contributed by atoms with E-state index in [2.05, 4.69) is 11.9 Å². The molecule has 108 valence electrons. The molecule has 1 atom stereocenters. The zero-order chi connectivity index (χ0) is 15.1. The molecule has 0 aliphatic carbocycles. The van der Waals surface area contributed by atoms with Crippen LogP contribution in [0.4, 0.5) is 5.69 Å². The Bertz CT molecular complexity index is 611. The second kappa shape index (κ2) is 7.26. The fourth-order valence-corrected chi connectivity index (χ4v) is 1.78. The monoisotopic (exact) mass is 282 g/mol. The summed E-state index contributed by atoms with van der Waals surface area (Å²) in [6, 6.07) is 16.0. The molecular formula is C17H18N2O2. The molecule has 2 aromatic rings. The average Bonchev–Trinajstić information content (AvgIpc) is 2.49. The Morgan fingerprint density at radius 2 is 1.90 bits per heavy atom. The quantitative estimate of drug-likeness (QED) is 0.799. The van der Waals surface area contributed by atoms with E-state index in [1.165, 1.54) is 0 Å². The Balaban J connectivity index is 2.04. The number of ether oxygens (including phenoxy) is 1. The highest BCUT2D eigenvalue weighted by molar-refractivity contribution is 5.94. The molecule has 2 aromatic carbocycles. The van der Waals surface area contributed by atoms with Crippen molar-refractivity contribution in [1.82, 2.24) is 0 Å². The van der Waals surface area contributed by atoms with Gasteiger partial charge in [-0.15, -0.1) is 6.58 Å². The smallest absolute Gasteiger partial charge is 0.241 e. The van der Waals surface area contributed by atoms with Crippen LogP contribution in [0.3, 0.4) is 0 Å². The van der Waals surface area contributed by atoms with E-state index in [1.807, 2.05) is 42.5 Å². The van der Waals surface area contributed by atoms with Gasteiger partial charge in [0.25, 0.3) is 0 Å². The van der Waals surface area contributed by atoms with Crippen molar-refractivity contribution in [2.75, 3.05) is 5.32 Å². The van der Waals surface area contributed by atoms with E-state index in [0.717, 1.165) is 5.75 Å². The maximum atomic E-state index is 11.8. The summed E-state index contributed by atoms with van der Waals surface area (Å²) >= 11 is 0. The third kappa shape index (κ3) is 4.47. The molecule has 0 bridgehead atoms. The van der Waals surface area contributed by atoms with Crippen LogP contribution >= 0.6 is 0 Å². The van der Waals surface area contributed by atoms with Crippen LogP contribution in [0, 0.1) is 0 Å². The Morgan fingerprint density at radius 3 is 2.62 bits per heavy atom. The number of amides is 1. The SMILES string of the molecule is C=CCC(N)C(=O)Nc1cccc(Oc2ccccc2)c1. The van der Waals surface area contributed by atoms with Crippen LogP contribution in [0.25, 0.3) is 0 Å². The van der Waals surface area contributed by atoms with Gasteiger partial charge >= 0.3 is 0 Å². The van der Waals surface area contributed by atoms with E-state index in [1.54, 1.807) is 18.2 Å². The molecule has 0 saturated heterocycles. The average molecular weight is 282 g/mol. The molecule has 1 unspecified atom stereocenters. The zero-order valence-corrected chi connectivity index (χ0v) is 11.7. The summed E-state index contributed by atoms with van der Waals surface area (Å²) < 4.78 is 5.71. The van der Waals surface area contributed by atoms with E-state index in [-0.39, 0.29) is 5.91 Å². The van der Waals surface area contributed by atoms with E-state index < -0.39 is 6.04 Å². The van der Waals surface area contributed by atoms with Gasteiger partial charge in [0, 0.05) is 11.8 Å². The Hall–Kier alpha value is -2.59. The lowest BCUT2D eigenvalue weighted by Gasteiger charge is -2.11. The van der Waals surface area contributed by atoms with Gasteiger partial charge in [0.15, 0.2) is 0 Å². The van der Waals surface area contributed by atoms with Gasteiger partial charge in [0.05, 0.1) is 6.04 Å². The lowest BCUT2D eigenvalue weighted by molar-refractivity contribution is -0.117. The van der Waals surface area contributed by atoms with E-state index in [0.29, 0.717) is 17.9 Å². The Morgan fingerprint density at radius 1 is 1.19 bits per heavy atom. The van der Waals surface area contributed by atoms with Crippen LogP contribution in [0.5, 0.6) is 11.5 Å². The van der Waals surface area contributed by atoms with Crippen LogP contribution in [-0.2, 0) is 4.79 Å². The van der Waals surface area contributed by atoms with Crippen molar-refractivity contribution < 1.29 is 9.53 Å². The first-order valence-electron chi connectivity index (χ1n) is 6.69. The minimum Gasteiger partial charge on any atom is -0.457 e. The summed E-state index contributed by atoms with van der Waals surface area (Å²) in [7, 11) is 0. The summed E-state index contributed by atoms with van der Waals surface area (Å²) in [6.45, 7) is 3.57. The van der Waals surface area contributed by atoms with Gasteiger partial charge in [-0.25, -0.2) is 0 Å². The van der Waals surface area contributed by atoms with Crippen LogP contribution < -0.4 is 15.8 Å². The number of anilines is 1. The summed E-state index contributed by atoms with van der Waals surface area (Å²) in [5, 5.41) is 2.76. The number of carbonyl (C=O) groups is 1. The lowest BCUT2D eigenvalue weighted by Crippen LogP contribution is -2.35. The number of nitrogens with two attached hydrogens (primary N) is 1. The molecule has 4 nitrogen and oxygen atoms in total. The first-order valence-corrected chi connectivity index (χ1v) is 6.69. The van der Waals surface area contributed by atoms with Crippen molar-refractivity contribution in [3.05, 3.63) is 67.3 Å². The van der Waals surface area contributed by atoms with Crippen molar-refractivity contribution in [2.24, 2.45) is 5.73 Å². The largest absolute Gasteiger partial charge is 0.457 e. The van der Waals surface area contributed by atoms with Gasteiger partial charge < -0.3 is 15.8 Å². The first-order chi connectivity index (χ1) is 10.2. The molecule has 0 heterocycles. The molecule has 0 spiro atoms. The van der Waals surface area contributed by atoms with Crippen LogP contribution in [-0.4, -0.2) is 11.9 Å². The van der Waals surface area contributed by atoms with Crippen molar-refractivity contribution in [1.29, 1.82) is 0 Å². The molecule has 21 heavy (non-hydrogen) atoms. The molecule has 0 fully saturated rings. The topological polar surface area (TPSA) is 64.4 Å². The van der Waals surface area contributed by atoms with Crippen molar-refractivity contribution in [3.8, 4) is 11.5 Å². The summed E-state index contributed by atoms with van der Waals surface area (Å²) in [4.78, 5) is 11.8. The minimum atomic E-state index is -0.596. The molecule has 0 aliphatic rings. The van der Waals surface area contributed by atoms with Crippen molar-refractivity contribution in [3.63, 3.8) is 0 Å². The van der Waals surface area contributed by atoms with E-state index in [9.17, 15) is 4.79 Å². The standard InChI is InChI=1S/C17H18N2O2/c1-2-7-16(18)17(20)19-13-8-6-11-15(12-13)21-14-9-4-3-5-10-14/h2-6,8-12,16H,1,7,18H2,(H,19,20). The van der Waals surface area contributed by atoms with Crippen molar-refractivity contribution in [2.45, 2.75) is 12.5 Å². The number of rotatable bonds is 6. The van der Waals surface area contributed by atoms with Gasteiger partial charge in [-0.3, -0.25) is 4.79 Å². The second-order valence-corrected chi connectivity index (χ2v) is 4.56. The predicted molar refractivity (Wildman–Crippen MR) is 84.4 cm³/mol. The van der Waals surface area contributed by atoms with Gasteiger partial charge in [0.2, 0.25) is 5.91 Å². The van der Waals surface area contributed by atoms with Gasteiger partial charge in [-0.05, 0) is 30.7 Å². The van der Waals surface area contributed by atoms with Gasteiger partial charge in [-0.1, -0.05) is 30.3 Å². The highest BCUT2D eigenvalue weighted by Crippen LogP contribution is 2.23. The Kier molecular flexibility index (Phi) is 5.12. The maximum Gasteiger partial charge on any atom is 0.241 e. The molecule has 1 amide bonds. The molecule has 0 saturated carbocycles. The van der Waals surface area contributed by atoms with Crippen LogP contribution in [0.15, 0.2) is 67.3 Å². The number of hydrogen-bond acceptors (Lipinski definition) is 3. The molecule has 0 aliphatic heterocycles. The number of benzene rings is 2. The maximum absolute atomic E-state index is 11.8. The van der Waals surface area contributed by atoms with Gasteiger partial charge in [-0.2, -0.15) is 0 Å². The highest BCUT2D eigenvalue weighted by Gasteiger charge is 2.11. The Labute approximate surface area is 124 Å². The fraction of sp³-hybridized carbons (Fsp3) is 0.118. The predicted octanol–water partition coefficient (Wildman–Crippen LogP) is 3.32. The second-order valence-electron chi connectivity index (χ2n) is 4.56. The third-order valence-electron chi connectivity index (χ3n) is 2.84.